The van der Waals surface area contributed by atoms with Gasteiger partial charge < -0.3 is 47.4 Å². The van der Waals surface area contributed by atoms with E-state index in [0.717, 1.165) is 11.1 Å². The number of hydrogen-bond donors (Lipinski definition) is 1. The second-order valence-corrected chi connectivity index (χ2v) is 14.6. The van der Waals surface area contributed by atoms with E-state index in [0.29, 0.717) is 118 Å². The molecule has 0 radical (unpaired) electrons. The molecule has 0 fully saturated rings. The smallest absolute Gasteiger partial charge is 0.297 e. The van der Waals surface area contributed by atoms with Crippen molar-refractivity contribution in [3.8, 4) is 0 Å². The lowest BCUT2D eigenvalue weighted by molar-refractivity contribution is -0.0290. The third kappa shape index (κ3) is 23.1. The third-order valence-corrected chi connectivity index (χ3v) is 9.48. The fraction of sp³-hybridized carbons (Fsp3) is 0.667. The normalized spacial score (nSPS) is 12.7. The Morgan fingerprint density at radius 2 is 0.815 bits per heavy atom. The van der Waals surface area contributed by atoms with Crippen LogP contribution >= 0.6 is 0 Å². The molecule has 1 N–H and O–H groups in total. The van der Waals surface area contributed by atoms with Gasteiger partial charge in [0.2, 0.25) is 0 Å². The minimum absolute atomic E-state index is 0.0711. The van der Waals surface area contributed by atoms with Crippen molar-refractivity contribution in [1.29, 1.82) is 0 Å². The summed E-state index contributed by atoms with van der Waals surface area (Å²) in [4.78, 5) is -0.0393. The highest BCUT2D eigenvalue weighted by molar-refractivity contribution is 7.86. The van der Waals surface area contributed by atoms with Gasteiger partial charge in [-0.15, -0.1) is 0 Å². The van der Waals surface area contributed by atoms with E-state index >= 15 is 0 Å². The van der Waals surface area contributed by atoms with Crippen molar-refractivity contribution in [2.24, 2.45) is 0 Å². The van der Waals surface area contributed by atoms with Crippen LogP contribution in [0.4, 0.5) is 0 Å². The summed E-state index contributed by atoms with van der Waals surface area (Å²) in [6.07, 6.45) is -0.533. The fourth-order valence-electron chi connectivity index (χ4n) is 4.43. The van der Waals surface area contributed by atoms with E-state index in [1.165, 1.54) is 18.2 Å². The summed E-state index contributed by atoms with van der Waals surface area (Å²) in [6, 6.07) is 11.1. The van der Waals surface area contributed by atoms with E-state index in [-0.39, 0.29) is 29.6 Å². The summed E-state index contributed by atoms with van der Waals surface area (Å²) in [5.74, 6) is 0. The molecule has 1 unspecified atom stereocenters. The van der Waals surface area contributed by atoms with Gasteiger partial charge in [-0.1, -0.05) is 35.4 Å². The van der Waals surface area contributed by atoms with E-state index in [2.05, 4.69) is 0 Å². The molecule has 16 nitrogen and oxygen atoms in total. The van der Waals surface area contributed by atoms with Crippen molar-refractivity contribution in [2.75, 3.05) is 132 Å². The van der Waals surface area contributed by atoms with Crippen LogP contribution in [0.25, 0.3) is 0 Å². The number of hydrogen-bond acceptors (Lipinski definition) is 15. The molecular weight excluding hydrogens is 753 g/mol. The zero-order chi connectivity index (χ0) is 39.3. The zero-order valence-electron chi connectivity index (χ0n) is 31.6. The van der Waals surface area contributed by atoms with Crippen molar-refractivity contribution in [3.05, 3.63) is 59.2 Å². The molecular formula is C36H58O16S2. The summed E-state index contributed by atoms with van der Waals surface area (Å²) >= 11 is 0. The molecule has 0 heterocycles. The minimum Gasteiger partial charge on any atom is -0.377 e. The molecule has 0 aliphatic carbocycles. The van der Waals surface area contributed by atoms with Crippen molar-refractivity contribution in [3.63, 3.8) is 0 Å². The maximum Gasteiger partial charge on any atom is 0.297 e. The van der Waals surface area contributed by atoms with Gasteiger partial charge in [-0.3, -0.25) is 8.74 Å². The number of rotatable bonds is 35. The molecule has 0 amide bonds. The first-order valence-electron chi connectivity index (χ1n) is 17.9. The van der Waals surface area contributed by atoms with Gasteiger partial charge in [-0.2, -0.15) is 16.8 Å². The number of ether oxygens (including phenoxy) is 10. The molecule has 2 aromatic rings. The van der Waals surface area contributed by atoms with Gasteiger partial charge in [-0.25, -0.2) is 0 Å². The Bertz CT molecular complexity index is 1460. The molecule has 0 aromatic heterocycles. The third-order valence-electron chi connectivity index (χ3n) is 7.23. The molecule has 2 aromatic carbocycles. The summed E-state index contributed by atoms with van der Waals surface area (Å²) in [5, 5.41) is 0. The molecule has 310 valence electrons. The van der Waals surface area contributed by atoms with Gasteiger partial charge in [0.05, 0.1) is 148 Å². The van der Waals surface area contributed by atoms with Gasteiger partial charge in [0.1, 0.15) is 0 Å². The molecule has 0 aliphatic rings. The Morgan fingerprint density at radius 1 is 0.481 bits per heavy atom. The second kappa shape index (κ2) is 29.1. The van der Waals surface area contributed by atoms with Crippen molar-refractivity contribution in [2.45, 2.75) is 36.7 Å². The molecule has 0 spiro atoms. The van der Waals surface area contributed by atoms with Gasteiger partial charge >= 0.3 is 0 Å². The Kier molecular flexibility index (Phi) is 25.9. The first kappa shape index (κ1) is 48.0. The molecule has 2 rings (SSSR count). The highest BCUT2D eigenvalue weighted by Gasteiger charge is 2.20. The lowest BCUT2D eigenvalue weighted by atomic mass is 10.1. The first-order valence-corrected chi connectivity index (χ1v) is 20.7. The maximum atomic E-state index is 12.1. The van der Waals surface area contributed by atoms with Gasteiger partial charge in [0.25, 0.3) is 20.2 Å². The average Bonchev–Trinajstić information content (AvgIpc) is 3.13. The second-order valence-electron chi connectivity index (χ2n) is 11.6. The maximum absolute atomic E-state index is 12.1. The van der Waals surface area contributed by atoms with Crippen molar-refractivity contribution in [1.82, 2.24) is 0 Å². The summed E-state index contributed by atoms with van der Waals surface area (Å²) < 4.78 is 117. The predicted octanol–water partition coefficient (Wildman–Crippen LogP) is 3.18. The number of benzene rings is 2. The highest BCUT2D eigenvalue weighted by Crippen LogP contribution is 2.26. The molecule has 0 saturated heterocycles. The van der Waals surface area contributed by atoms with Crippen LogP contribution in [0, 0.1) is 13.8 Å². The Morgan fingerprint density at radius 3 is 1.19 bits per heavy atom. The number of aryl methyl sites for hydroxylation is 2. The first-order chi connectivity index (χ1) is 26.0. The van der Waals surface area contributed by atoms with E-state index in [1.807, 2.05) is 13.8 Å². The molecule has 0 aliphatic heterocycles. The van der Waals surface area contributed by atoms with Crippen LogP contribution in [0.3, 0.4) is 0 Å². The molecule has 1 atom stereocenters. The van der Waals surface area contributed by atoms with Crippen LogP contribution in [-0.4, -0.2) is 154 Å². The Balaban J connectivity index is 1.23. The van der Waals surface area contributed by atoms with Crippen molar-refractivity contribution < 1.29 is 72.9 Å². The topological polar surface area (TPSA) is 190 Å². The fourth-order valence-corrected chi connectivity index (χ4v) is 6.09. The van der Waals surface area contributed by atoms with E-state index in [1.54, 1.807) is 31.2 Å². The quantitative estimate of drug-likeness (QED) is 0.0607. The van der Waals surface area contributed by atoms with Gasteiger partial charge in [-0.05, 0) is 39.0 Å². The van der Waals surface area contributed by atoms with Gasteiger partial charge in [0, 0.05) is 5.56 Å². The monoisotopic (exact) mass is 810 g/mol. The average molecular weight is 811 g/mol. The summed E-state index contributed by atoms with van der Waals surface area (Å²) in [5.41, 5.74) is 2.23. The standard InChI is InChI=1S/C36H58O16S2/c1-31-4-7-34(8-5-31)54(40,41)52-29-27-50-25-23-48-21-19-46-17-15-44-13-11-42-10-12-43-14-16-45-18-20-47-22-24-49-26-28-51-33(3)35-30-32(2)6-9-36(35)53(37,38)39/h4-9,30,33H,10-29H2,1-3H3,(H,37,38,39). The van der Waals surface area contributed by atoms with E-state index in [4.69, 9.17) is 51.6 Å². The molecule has 18 heteroatoms. The minimum atomic E-state index is -4.34. The zero-order valence-corrected chi connectivity index (χ0v) is 33.3. The van der Waals surface area contributed by atoms with Crippen LogP contribution in [0.15, 0.2) is 52.3 Å². The van der Waals surface area contributed by atoms with Crippen LogP contribution in [0.1, 0.15) is 29.7 Å². The lowest BCUT2D eigenvalue weighted by Gasteiger charge is -2.17. The SMILES string of the molecule is Cc1ccc(S(=O)(=O)OCCOCCOCCOCCOCCOCCOCCOCCOCCOCCOC(C)c2cc(C)ccc2S(=O)(=O)O)cc1. The summed E-state index contributed by atoms with van der Waals surface area (Å²) in [6.45, 7) is 12.7. The van der Waals surface area contributed by atoms with E-state index in [9.17, 15) is 21.4 Å². The lowest BCUT2D eigenvalue weighted by Crippen LogP contribution is -2.16. The predicted molar refractivity (Wildman–Crippen MR) is 197 cm³/mol. The summed E-state index contributed by atoms with van der Waals surface area (Å²) in [7, 11) is -8.13. The largest absolute Gasteiger partial charge is 0.377 e. The van der Waals surface area contributed by atoms with Crippen LogP contribution in [-0.2, 0) is 71.8 Å². The van der Waals surface area contributed by atoms with E-state index < -0.39 is 26.3 Å². The van der Waals surface area contributed by atoms with Crippen LogP contribution in [0.5, 0.6) is 0 Å². The molecule has 54 heavy (non-hydrogen) atoms. The van der Waals surface area contributed by atoms with Crippen molar-refractivity contribution >= 4 is 20.2 Å². The highest BCUT2D eigenvalue weighted by atomic mass is 32.2. The Hall–Kier alpha value is -2.14. The van der Waals surface area contributed by atoms with Crippen LogP contribution < -0.4 is 0 Å². The van der Waals surface area contributed by atoms with Crippen LogP contribution in [0.2, 0.25) is 0 Å². The Labute approximate surface area is 320 Å². The molecule has 0 bridgehead atoms. The van der Waals surface area contributed by atoms with Gasteiger partial charge in [0.15, 0.2) is 0 Å². The molecule has 0 saturated carbocycles.